The van der Waals surface area contributed by atoms with Gasteiger partial charge in [-0.2, -0.15) is 18.2 Å². The molecule has 12 heteroatoms. The molecule has 0 radical (unpaired) electrons. The van der Waals surface area contributed by atoms with Gasteiger partial charge in [-0.3, -0.25) is 0 Å². The summed E-state index contributed by atoms with van der Waals surface area (Å²) < 4.78 is 50.3. The Hall–Kier alpha value is -3.31. The van der Waals surface area contributed by atoms with Gasteiger partial charge in [0.15, 0.2) is 18.0 Å². The highest BCUT2D eigenvalue weighted by Gasteiger charge is 2.43. The number of methoxy groups -OCH3 is 1. The molecule has 186 valence electrons. The summed E-state index contributed by atoms with van der Waals surface area (Å²) in [6.45, 7) is 0.293. The van der Waals surface area contributed by atoms with Crippen molar-refractivity contribution in [2.45, 2.75) is 43.8 Å². The van der Waals surface area contributed by atoms with Gasteiger partial charge in [0.05, 0.1) is 7.11 Å². The molecule has 3 fully saturated rings. The Labute approximate surface area is 199 Å². The Morgan fingerprint density at radius 2 is 1.86 bits per heavy atom. The second-order valence-electron chi connectivity index (χ2n) is 9.56. The molecule has 1 saturated heterocycles. The Morgan fingerprint density at radius 3 is 2.54 bits per heavy atom. The number of hydrogen-bond donors (Lipinski definition) is 1. The van der Waals surface area contributed by atoms with Crippen LogP contribution in [0.4, 0.5) is 24.9 Å². The van der Waals surface area contributed by atoms with E-state index in [2.05, 4.69) is 30.3 Å². The summed E-state index contributed by atoms with van der Waals surface area (Å²) in [5, 5.41) is 8.16. The molecule has 2 saturated carbocycles. The van der Waals surface area contributed by atoms with Crippen LogP contribution >= 0.6 is 0 Å². The molecule has 1 aliphatic heterocycles. The zero-order chi connectivity index (χ0) is 24.2. The van der Waals surface area contributed by atoms with E-state index in [4.69, 9.17) is 9.47 Å². The van der Waals surface area contributed by atoms with Crippen LogP contribution in [0, 0.1) is 11.8 Å². The van der Waals surface area contributed by atoms with Gasteiger partial charge in [-0.25, -0.2) is 14.5 Å². The standard InChI is InChI=1S/C23H26F3N7O2/c1-34-19-8-18(27-12-28-19)32-9-14-4-5-15(10-32)20(14)29-22-30-21-17(35-11-23(24,25)26)7-6-16(13-2-3-13)33(21)31-22/h6-8,12-15,20H,2-5,9-11H2,1H3,(H,29,31)/t14-,15+,20?. The second-order valence-corrected chi connectivity index (χ2v) is 9.56. The summed E-state index contributed by atoms with van der Waals surface area (Å²) in [6.07, 6.45) is 1.31. The quantitative estimate of drug-likeness (QED) is 0.538. The molecule has 35 heavy (non-hydrogen) atoms. The first-order chi connectivity index (χ1) is 16.9. The minimum Gasteiger partial charge on any atom is -0.481 e. The molecule has 6 rings (SSSR count). The number of rotatable bonds is 7. The lowest BCUT2D eigenvalue weighted by Gasteiger charge is -2.38. The number of pyridine rings is 1. The van der Waals surface area contributed by atoms with Crippen LogP contribution in [0.15, 0.2) is 24.5 Å². The third-order valence-electron chi connectivity index (χ3n) is 7.15. The van der Waals surface area contributed by atoms with Crippen LogP contribution in [0.5, 0.6) is 11.6 Å². The minimum atomic E-state index is -4.42. The van der Waals surface area contributed by atoms with E-state index in [9.17, 15) is 13.2 Å². The fourth-order valence-corrected chi connectivity index (χ4v) is 5.39. The number of nitrogens with zero attached hydrogens (tertiary/aromatic N) is 6. The molecular formula is C23H26F3N7O2. The molecule has 3 aliphatic rings. The van der Waals surface area contributed by atoms with Gasteiger partial charge in [-0.1, -0.05) is 0 Å². The Balaban J connectivity index is 1.23. The predicted molar refractivity (Wildman–Crippen MR) is 121 cm³/mol. The number of fused-ring (bicyclic) bond motifs is 3. The molecule has 1 unspecified atom stereocenters. The maximum atomic E-state index is 12.8. The fraction of sp³-hybridized carbons (Fsp3) is 0.565. The molecule has 2 aliphatic carbocycles. The van der Waals surface area contributed by atoms with Crippen molar-refractivity contribution in [2.24, 2.45) is 11.8 Å². The summed E-state index contributed by atoms with van der Waals surface area (Å²) in [4.78, 5) is 15.3. The maximum Gasteiger partial charge on any atom is 0.422 e. The van der Waals surface area contributed by atoms with E-state index in [0.717, 1.165) is 50.3 Å². The molecule has 3 atom stereocenters. The van der Waals surface area contributed by atoms with Gasteiger partial charge in [-0.15, -0.1) is 5.10 Å². The molecule has 1 N–H and O–H groups in total. The van der Waals surface area contributed by atoms with Crippen molar-refractivity contribution in [3.63, 3.8) is 0 Å². The van der Waals surface area contributed by atoms with Crippen molar-refractivity contribution in [1.29, 1.82) is 0 Å². The molecule has 3 aromatic heterocycles. The van der Waals surface area contributed by atoms with E-state index in [1.54, 1.807) is 23.8 Å². The molecule has 0 spiro atoms. The largest absolute Gasteiger partial charge is 0.481 e. The zero-order valence-corrected chi connectivity index (χ0v) is 19.2. The van der Waals surface area contributed by atoms with Crippen LogP contribution in [0.3, 0.4) is 0 Å². The number of alkyl halides is 3. The Kier molecular flexibility index (Phi) is 5.33. The van der Waals surface area contributed by atoms with Gasteiger partial charge in [0.25, 0.3) is 0 Å². The van der Waals surface area contributed by atoms with E-state index in [1.165, 1.54) is 6.33 Å². The van der Waals surface area contributed by atoms with Crippen molar-refractivity contribution in [2.75, 3.05) is 37.0 Å². The Bertz CT molecular complexity index is 1220. The van der Waals surface area contributed by atoms with Crippen LogP contribution < -0.4 is 19.7 Å². The number of nitrogens with one attached hydrogen (secondary N) is 1. The highest BCUT2D eigenvalue weighted by atomic mass is 19.4. The average molecular weight is 490 g/mol. The first kappa shape index (κ1) is 22.2. The summed E-state index contributed by atoms with van der Waals surface area (Å²) in [5.74, 6) is 2.98. The number of ether oxygens (including phenoxy) is 2. The highest BCUT2D eigenvalue weighted by Crippen LogP contribution is 2.42. The number of anilines is 2. The lowest BCUT2D eigenvalue weighted by Crippen LogP contribution is -2.48. The third-order valence-corrected chi connectivity index (χ3v) is 7.15. The lowest BCUT2D eigenvalue weighted by atomic mass is 9.92. The number of hydrogen-bond acceptors (Lipinski definition) is 8. The summed E-state index contributed by atoms with van der Waals surface area (Å²) in [6, 6.07) is 5.40. The van der Waals surface area contributed by atoms with Crippen LogP contribution in [-0.2, 0) is 0 Å². The summed E-state index contributed by atoms with van der Waals surface area (Å²) in [7, 11) is 1.59. The summed E-state index contributed by atoms with van der Waals surface area (Å²) >= 11 is 0. The molecule has 0 aromatic carbocycles. The van der Waals surface area contributed by atoms with Crippen LogP contribution in [0.1, 0.15) is 37.3 Å². The van der Waals surface area contributed by atoms with Crippen molar-refractivity contribution >= 4 is 17.4 Å². The third kappa shape index (κ3) is 4.41. The highest BCUT2D eigenvalue weighted by molar-refractivity contribution is 5.58. The second kappa shape index (κ2) is 8.42. The number of piperidine rings is 1. The van der Waals surface area contributed by atoms with Crippen LogP contribution in [-0.4, -0.2) is 63.6 Å². The van der Waals surface area contributed by atoms with E-state index in [-0.39, 0.29) is 11.8 Å². The normalized spacial score (nSPS) is 24.1. The van der Waals surface area contributed by atoms with Gasteiger partial charge in [0, 0.05) is 36.8 Å². The molecule has 9 nitrogen and oxygen atoms in total. The molecule has 3 aromatic rings. The van der Waals surface area contributed by atoms with E-state index >= 15 is 0 Å². The average Bonchev–Trinajstić information content (AvgIpc) is 3.55. The minimum absolute atomic E-state index is 0.0859. The van der Waals surface area contributed by atoms with E-state index in [0.29, 0.717) is 35.2 Å². The van der Waals surface area contributed by atoms with Gasteiger partial charge >= 0.3 is 6.18 Å². The Morgan fingerprint density at radius 1 is 1.09 bits per heavy atom. The lowest BCUT2D eigenvalue weighted by molar-refractivity contribution is -0.153. The first-order valence-electron chi connectivity index (χ1n) is 11.8. The van der Waals surface area contributed by atoms with Crippen LogP contribution in [0.2, 0.25) is 0 Å². The zero-order valence-electron chi connectivity index (χ0n) is 19.2. The van der Waals surface area contributed by atoms with Crippen molar-refractivity contribution in [3.8, 4) is 11.6 Å². The van der Waals surface area contributed by atoms with Gasteiger partial charge in [0.1, 0.15) is 12.1 Å². The summed E-state index contributed by atoms with van der Waals surface area (Å²) in [5.41, 5.74) is 1.27. The topological polar surface area (TPSA) is 89.7 Å². The van der Waals surface area contributed by atoms with E-state index < -0.39 is 12.8 Å². The molecule has 2 bridgehead atoms. The molecular weight excluding hydrogens is 463 g/mol. The fourth-order valence-electron chi connectivity index (χ4n) is 5.39. The van der Waals surface area contributed by atoms with Gasteiger partial charge < -0.3 is 19.7 Å². The molecule has 4 heterocycles. The molecule has 0 amide bonds. The number of aromatic nitrogens is 5. The van der Waals surface area contributed by atoms with E-state index in [1.807, 2.05) is 6.07 Å². The smallest absolute Gasteiger partial charge is 0.422 e. The first-order valence-corrected chi connectivity index (χ1v) is 11.8. The van der Waals surface area contributed by atoms with Crippen molar-refractivity contribution < 1.29 is 22.6 Å². The SMILES string of the molecule is COc1cc(N2C[C@H]3CC[C@@H](C2)C3Nc2nc3c(OCC(F)(F)F)ccc(C4CC4)n3n2)ncn1. The van der Waals surface area contributed by atoms with Gasteiger partial charge in [-0.05, 0) is 49.7 Å². The number of halogens is 3. The van der Waals surface area contributed by atoms with Crippen molar-refractivity contribution in [1.82, 2.24) is 24.6 Å². The predicted octanol–water partition coefficient (Wildman–Crippen LogP) is 3.67. The van der Waals surface area contributed by atoms with Crippen molar-refractivity contribution in [3.05, 3.63) is 30.2 Å². The monoisotopic (exact) mass is 489 g/mol. The van der Waals surface area contributed by atoms with Gasteiger partial charge in [0.2, 0.25) is 11.8 Å². The van der Waals surface area contributed by atoms with Crippen LogP contribution in [0.25, 0.3) is 5.65 Å². The maximum absolute atomic E-state index is 12.8.